The molecule has 9 heteroatoms. The van der Waals surface area contributed by atoms with Gasteiger partial charge in [0.05, 0.1) is 12.2 Å². The fraction of sp³-hybridized carbons (Fsp3) is 0.467. The normalized spacial score (nSPS) is 18.5. The molecule has 24 heavy (non-hydrogen) atoms. The summed E-state index contributed by atoms with van der Waals surface area (Å²) in [4.78, 5) is 29.7. The number of anilines is 1. The van der Waals surface area contributed by atoms with Crippen LogP contribution in [0.1, 0.15) is 40.6 Å². The van der Waals surface area contributed by atoms with E-state index in [9.17, 15) is 9.59 Å². The van der Waals surface area contributed by atoms with Gasteiger partial charge < -0.3 is 11.1 Å². The number of amides is 2. The van der Waals surface area contributed by atoms with E-state index in [1.165, 1.54) is 11.3 Å². The summed E-state index contributed by atoms with van der Waals surface area (Å²) in [5.74, 6) is -0.384. The molecule has 4 N–H and O–H groups in total. The van der Waals surface area contributed by atoms with Gasteiger partial charge in [-0.05, 0) is 32.4 Å². The average molecular weight is 348 g/mol. The molecule has 2 aromatic heterocycles. The van der Waals surface area contributed by atoms with Gasteiger partial charge in [-0.3, -0.25) is 19.6 Å². The maximum atomic E-state index is 12.2. The zero-order chi connectivity index (χ0) is 17.1. The first-order valence-electron chi connectivity index (χ1n) is 7.80. The van der Waals surface area contributed by atoms with Crippen molar-refractivity contribution >= 4 is 28.3 Å². The van der Waals surface area contributed by atoms with Crippen LogP contribution in [0.4, 0.5) is 5.13 Å². The molecule has 0 aliphatic carbocycles. The van der Waals surface area contributed by atoms with Crippen molar-refractivity contribution in [2.75, 3.05) is 25.0 Å². The van der Waals surface area contributed by atoms with E-state index in [-0.39, 0.29) is 17.5 Å². The number of carbonyl (C=O) groups is 2. The van der Waals surface area contributed by atoms with Crippen molar-refractivity contribution in [1.29, 1.82) is 0 Å². The second-order valence-electron chi connectivity index (χ2n) is 5.99. The van der Waals surface area contributed by atoms with Gasteiger partial charge in [0.25, 0.3) is 5.91 Å². The number of rotatable bonds is 5. The maximum Gasteiger partial charge on any atom is 0.269 e. The van der Waals surface area contributed by atoms with Crippen molar-refractivity contribution in [2.24, 2.45) is 5.73 Å². The van der Waals surface area contributed by atoms with E-state index < -0.39 is 5.91 Å². The second-order valence-corrected chi connectivity index (χ2v) is 6.85. The third-order valence-corrected chi connectivity index (χ3v) is 4.90. The Labute approximate surface area is 143 Å². The Bertz CT molecular complexity index is 740. The summed E-state index contributed by atoms with van der Waals surface area (Å²) in [7, 11) is 0. The number of aromatic amines is 1. The Morgan fingerprint density at radius 1 is 1.54 bits per heavy atom. The number of hydrogen-bond acceptors (Lipinski definition) is 6. The van der Waals surface area contributed by atoms with E-state index >= 15 is 0 Å². The van der Waals surface area contributed by atoms with E-state index in [4.69, 9.17) is 5.73 Å². The van der Waals surface area contributed by atoms with Crippen LogP contribution in [0.2, 0.25) is 0 Å². The van der Waals surface area contributed by atoms with Gasteiger partial charge in [0.15, 0.2) is 5.13 Å². The van der Waals surface area contributed by atoms with Gasteiger partial charge in [0.2, 0.25) is 5.91 Å². The summed E-state index contributed by atoms with van der Waals surface area (Å²) >= 11 is 1.42. The number of aromatic nitrogens is 3. The molecule has 0 radical (unpaired) electrons. The standard InChI is InChI=1S/C15H20N6O2S/c1-9-8-24-15(17-9)18-13(22)7-21-4-2-3-10(6-21)11-5-12(14(16)23)20-19-11/h5,8,10H,2-4,6-7H2,1H3,(H2,16,23)(H,19,20)(H,17,18,22). The number of hydrogen-bond donors (Lipinski definition) is 3. The van der Waals surface area contributed by atoms with Crippen molar-refractivity contribution in [3.05, 3.63) is 28.5 Å². The van der Waals surface area contributed by atoms with E-state index in [2.05, 4.69) is 25.4 Å². The van der Waals surface area contributed by atoms with E-state index in [1.807, 2.05) is 12.3 Å². The van der Waals surface area contributed by atoms with Crippen molar-refractivity contribution in [3.63, 3.8) is 0 Å². The Balaban J connectivity index is 1.56. The molecule has 3 heterocycles. The first-order valence-corrected chi connectivity index (χ1v) is 8.68. The molecule has 3 rings (SSSR count). The van der Waals surface area contributed by atoms with Crippen LogP contribution in [0.15, 0.2) is 11.4 Å². The number of likely N-dealkylation sites (tertiary alicyclic amines) is 1. The third kappa shape index (κ3) is 3.98. The highest BCUT2D eigenvalue weighted by Crippen LogP contribution is 2.26. The quantitative estimate of drug-likeness (QED) is 0.748. The molecule has 128 valence electrons. The summed E-state index contributed by atoms with van der Waals surface area (Å²) in [5.41, 5.74) is 7.28. The molecular formula is C15H20N6O2S. The van der Waals surface area contributed by atoms with Crippen LogP contribution in [0.25, 0.3) is 0 Å². The summed E-state index contributed by atoms with van der Waals surface area (Å²) in [6, 6.07) is 1.70. The average Bonchev–Trinajstić information content (AvgIpc) is 3.17. The monoisotopic (exact) mass is 348 g/mol. The highest BCUT2D eigenvalue weighted by atomic mass is 32.1. The van der Waals surface area contributed by atoms with Crippen LogP contribution in [-0.4, -0.2) is 51.5 Å². The number of thiazole rings is 1. The lowest BCUT2D eigenvalue weighted by Crippen LogP contribution is -2.39. The highest BCUT2D eigenvalue weighted by molar-refractivity contribution is 7.13. The van der Waals surface area contributed by atoms with Crippen LogP contribution in [0.3, 0.4) is 0 Å². The molecule has 0 spiro atoms. The first-order chi connectivity index (χ1) is 11.5. The van der Waals surface area contributed by atoms with E-state index in [1.54, 1.807) is 6.07 Å². The maximum absolute atomic E-state index is 12.2. The van der Waals surface area contributed by atoms with Gasteiger partial charge in [-0.1, -0.05) is 0 Å². The fourth-order valence-corrected chi connectivity index (χ4v) is 3.60. The van der Waals surface area contributed by atoms with Gasteiger partial charge >= 0.3 is 0 Å². The zero-order valence-corrected chi connectivity index (χ0v) is 14.2. The van der Waals surface area contributed by atoms with Crippen LogP contribution < -0.4 is 11.1 Å². The minimum absolute atomic E-state index is 0.0626. The summed E-state index contributed by atoms with van der Waals surface area (Å²) < 4.78 is 0. The number of H-pyrrole nitrogens is 1. The van der Waals surface area contributed by atoms with E-state index in [0.29, 0.717) is 11.7 Å². The number of nitrogens with two attached hydrogens (primary N) is 1. The minimum atomic E-state index is -0.539. The van der Waals surface area contributed by atoms with Gasteiger partial charge in [0.1, 0.15) is 5.69 Å². The molecule has 1 saturated heterocycles. The topological polar surface area (TPSA) is 117 Å². The van der Waals surface area contributed by atoms with Gasteiger partial charge in [-0.25, -0.2) is 4.98 Å². The van der Waals surface area contributed by atoms with Crippen molar-refractivity contribution in [2.45, 2.75) is 25.7 Å². The molecule has 0 bridgehead atoms. The number of nitrogens with one attached hydrogen (secondary N) is 2. The third-order valence-electron chi connectivity index (χ3n) is 4.03. The van der Waals surface area contributed by atoms with Crippen molar-refractivity contribution < 1.29 is 9.59 Å². The number of piperidine rings is 1. The summed E-state index contributed by atoms with van der Waals surface area (Å²) in [6.45, 7) is 3.83. The molecular weight excluding hydrogens is 328 g/mol. The number of nitrogens with zero attached hydrogens (tertiary/aromatic N) is 3. The van der Waals surface area contributed by atoms with Crippen LogP contribution in [0, 0.1) is 6.92 Å². The van der Waals surface area contributed by atoms with Gasteiger partial charge in [-0.15, -0.1) is 11.3 Å². The lowest BCUT2D eigenvalue weighted by molar-refractivity contribution is -0.117. The Kier molecular flexibility index (Phi) is 4.91. The van der Waals surface area contributed by atoms with Crippen LogP contribution >= 0.6 is 11.3 Å². The van der Waals surface area contributed by atoms with E-state index in [0.717, 1.165) is 37.3 Å². The zero-order valence-electron chi connectivity index (χ0n) is 13.4. The van der Waals surface area contributed by atoms with Crippen LogP contribution in [0.5, 0.6) is 0 Å². The molecule has 1 unspecified atom stereocenters. The number of aryl methyl sites for hydroxylation is 1. The van der Waals surface area contributed by atoms with Crippen molar-refractivity contribution in [3.8, 4) is 0 Å². The lowest BCUT2D eigenvalue weighted by atomic mass is 9.94. The number of carbonyl (C=O) groups excluding carboxylic acids is 2. The SMILES string of the molecule is Cc1csc(NC(=O)CN2CCCC(c3cc(C(N)=O)n[nH]3)C2)n1. The highest BCUT2D eigenvalue weighted by Gasteiger charge is 2.25. The molecule has 1 aliphatic heterocycles. The molecule has 1 atom stereocenters. The molecule has 0 saturated carbocycles. The molecule has 8 nitrogen and oxygen atoms in total. The van der Waals surface area contributed by atoms with Gasteiger partial charge in [-0.2, -0.15) is 5.10 Å². The predicted molar refractivity (Wildman–Crippen MR) is 91.0 cm³/mol. The molecule has 0 aromatic carbocycles. The minimum Gasteiger partial charge on any atom is -0.364 e. The predicted octanol–water partition coefficient (Wildman–Crippen LogP) is 1.09. The Morgan fingerprint density at radius 2 is 2.38 bits per heavy atom. The Hall–Kier alpha value is -2.26. The van der Waals surface area contributed by atoms with Gasteiger partial charge in [0, 0.05) is 23.5 Å². The smallest absolute Gasteiger partial charge is 0.269 e. The largest absolute Gasteiger partial charge is 0.364 e. The fourth-order valence-electron chi connectivity index (χ4n) is 2.90. The molecule has 1 aliphatic rings. The first kappa shape index (κ1) is 16.6. The number of primary amides is 1. The van der Waals surface area contributed by atoms with Crippen molar-refractivity contribution in [1.82, 2.24) is 20.1 Å². The Morgan fingerprint density at radius 3 is 3.04 bits per heavy atom. The molecule has 2 amide bonds. The summed E-state index contributed by atoms with van der Waals surface area (Å²) in [6.07, 6.45) is 1.98. The summed E-state index contributed by atoms with van der Waals surface area (Å²) in [5, 5.41) is 12.2. The molecule has 2 aromatic rings. The van der Waals surface area contributed by atoms with Crippen LogP contribution in [-0.2, 0) is 4.79 Å². The second kappa shape index (κ2) is 7.10. The lowest BCUT2D eigenvalue weighted by Gasteiger charge is -2.31. The molecule has 1 fully saturated rings.